The molecule has 1 rings (SSSR count). The van der Waals surface area contributed by atoms with Crippen molar-refractivity contribution in [1.82, 2.24) is 0 Å². The van der Waals surface area contributed by atoms with Gasteiger partial charge in [-0.3, -0.25) is 0 Å². The molecule has 0 saturated heterocycles. The normalized spacial score (nSPS) is 15.7. The van der Waals surface area contributed by atoms with Crippen LogP contribution in [-0.4, -0.2) is 18.5 Å². The quantitative estimate of drug-likeness (QED) is 0.0728. The van der Waals surface area contributed by atoms with Crippen molar-refractivity contribution < 1.29 is 0 Å². The van der Waals surface area contributed by atoms with Crippen LogP contribution >= 0.6 is 7.26 Å². The molecule has 0 spiro atoms. The minimum absolute atomic E-state index is 1.01. The van der Waals surface area contributed by atoms with Gasteiger partial charge in [0.05, 0.1) is 0 Å². The molecule has 0 unspecified atom stereocenters. The first-order valence-electron chi connectivity index (χ1n) is 17.0. The van der Waals surface area contributed by atoms with Gasteiger partial charge in [0.1, 0.15) is 0 Å². The Labute approximate surface area is 224 Å². The van der Waals surface area contributed by atoms with Crippen LogP contribution in [0.4, 0.5) is 0 Å². The van der Waals surface area contributed by atoms with Crippen LogP contribution in [0.5, 0.6) is 0 Å². The first-order chi connectivity index (χ1) is 17.3. The third-order valence-electron chi connectivity index (χ3n) is 8.84. The molecule has 0 aromatic heterocycles. The van der Waals surface area contributed by atoms with E-state index in [1.807, 2.05) is 0 Å². The van der Waals surface area contributed by atoms with Gasteiger partial charge in [0.15, 0.2) is 0 Å². The zero-order valence-electron chi connectivity index (χ0n) is 24.9. The van der Waals surface area contributed by atoms with Gasteiger partial charge < -0.3 is 0 Å². The standard InChI is InChI=1S/C34H69P/c1-3-5-7-9-11-13-15-17-19-21-23-25-27-31-35(33-29-30-34-35)32-28-26-24-22-20-18-16-14-12-10-8-6-4-2/h29,33,35H,3-28,30-32,34H2,1-2H3. The van der Waals surface area contributed by atoms with E-state index in [2.05, 4.69) is 25.7 Å². The molecule has 0 atom stereocenters. The molecular formula is C34H69P. The van der Waals surface area contributed by atoms with Gasteiger partial charge in [-0.1, -0.05) is 39.5 Å². The second-order valence-corrected chi connectivity index (χ2v) is 16.8. The van der Waals surface area contributed by atoms with E-state index in [0.29, 0.717) is 0 Å². The molecule has 0 aromatic rings. The maximum atomic E-state index is 2.77. The molecule has 1 heteroatoms. The van der Waals surface area contributed by atoms with E-state index < -0.39 is 7.26 Å². The Morgan fingerprint density at radius 3 is 0.943 bits per heavy atom. The number of allylic oxidation sites excluding steroid dienone is 1. The zero-order chi connectivity index (χ0) is 25.1. The number of hydrogen-bond donors (Lipinski definition) is 0. The van der Waals surface area contributed by atoms with E-state index in [1.54, 1.807) is 18.5 Å². The Hall–Kier alpha value is 0.170. The molecule has 0 nitrogen and oxygen atoms in total. The molecule has 35 heavy (non-hydrogen) atoms. The average molecular weight is 509 g/mol. The van der Waals surface area contributed by atoms with Gasteiger partial charge >= 0.3 is 185 Å². The third-order valence-corrected chi connectivity index (χ3v) is 13.8. The van der Waals surface area contributed by atoms with Gasteiger partial charge in [-0.15, -0.1) is 0 Å². The monoisotopic (exact) mass is 509 g/mol. The molecule has 0 N–H and O–H groups in total. The maximum absolute atomic E-state index is 2.77. The molecule has 1 aliphatic rings. The van der Waals surface area contributed by atoms with Crippen molar-refractivity contribution in [2.45, 2.75) is 187 Å². The van der Waals surface area contributed by atoms with E-state index in [0.717, 1.165) is 0 Å². The summed E-state index contributed by atoms with van der Waals surface area (Å²) in [6, 6.07) is 0. The second-order valence-electron chi connectivity index (χ2n) is 12.3. The molecule has 0 bridgehead atoms. The Balaban J connectivity index is 1.90. The Morgan fingerprint density at radius 2 is 0.686 bits per heavy atom. The first-order valence-corrected chi connectivity index (χ1v) is 19.7. The molecule has 0 aliphatic carbocycles. The number of unbranched alkanes of at least 4 members (excludes halogenated alkanes) is 24. The predicted molar refractivity (Wildman–Crippen MR) is 168 cm³/mol. The second kappa shape index (κ2) is 25.8. The fourth-order valence-electron chi connectivity index (χ4n) is 6.32. The minimum atomic E-state index is -1.01. The third kappa shape index (κ3) is 20.9. The van der Waals surface area contributed by atoms with Gasteiger partial charge in [-0.05, 0) is 0 Å². The SMILES string of the molecule is CCCCCCCCCCCCCCC[PH]1(CCCCCCCCCCCCCCC)C=CCC1. The molecule has 1 aliphatic heterocycles. The fraction of sp³-hybridized carbons (Fsp3) is 0.941. The van der Waals surface area contributed by atoms with Crippen molar-refractivity contribution in [2.75, 3.05) is 18.5 Å². The number of hydrogen-bond acceptors (Lipinski definition) is 0. The van der Waals surface area contributed by atoms with Crippen LogP contribution in [-0.2, 0) is 0 Å². The van der Waals surface area contributed by atoms with E-state index >= 15 is 0 Å². The predicted octanol–water partition coefficient (Wildman–Crippen LogP) is 12.8. The van der Waals surface area contributed by atoms with Crippen LogP contribution in [0.3, 0.4) is 0 Å². The summed E-state index contributed by atoms with van der Waals surface area (Å²) in [5, 5.41) is 0. The van der Waals surface area contributed by atoms with Gasteiger partial charge in [-0.25, -0.2) is 0 Å². The van der Waals surface area contributed by atoms with Crippen LogP contribution < -0.4 is 0 Å². The molecule has 0 radical (unpaired) electrons. The van der Waals surface area contributed by atoms with Crippen LogP contribution in [0.15, 0.2) is 11.9 Å². The van der Waals surface area contributed by atoms with Gasteiger partial charge in [0.25, 0.3) is 0 Å². The van der Waals surface area contributed by atoms with Crippen LogP contribution in [0.25, 0.3) is 0 Å². The molecule has 1 heterocycles. The summed E-state index contributed by atoms with van der Waals surface area (Å²) < 4.78 is 0. The van der Waals surface area contributed by atoms with Crippen molar-refractivity contribution in [2.24, 2.45) is 0 Å². The summed E-state index contributed by atoms with van der Waals surface area (Å²) in [6.45, 7) is 4.62. The summed E-state index contributed by atoms with van der Waals surface area (Å²) in [4.78, 5) is 0. The van der Waals surface area contributed by atoms with Crippen molar-refractivity contribution in [3.8, 4) is 0 Å². The topological polar surface area (TPSA) is 0 Å². The molecular weight excluding hydrogens is 439 g/mol. The van der Waals surface area contributed by atoms with Crippen molar-refractivity contribution >= 4 is 7.26 Å². The van der Waals surface area contributed by atoms with E-state index in [4.69, 9.17) is 0 Å². The van der Waals surface area contributed by atoms with Crippen LogP contribution in [0.2, 0.25) is 0 Å². The Bertz CT molecular complexity index is 410. The van der Waals surface area contributed by atoms with Crippen molar-refractivity contribution in [3.05, 3.63) is 11.9 Å². The molecule has 0 saturated carbocycles. The summed E-state index contributed by atoms with van der Waals surface area (Å²) in [5.41, 5.74) is 0. The van der Waals surface area contributed by atoms with Gasteiger partial charge in [0.2, 0.25) is 0 Å². The van der Waals surface area contributed by atoms with E-state index in [1.165, 1.54) is 173 Å². The van der Waals surface area contributed by atoms with Crippen LogP contribution in [0, 0.1) is 0 Å². The summed E-state index contributed by atoms with van der Waals surface area (Å²) >= 11 is 0. The zero-order valence-corrected chi connectivity index (χ0v) is 25.9. The summed E-state index contributed by atoms with van der Waals surface area (Å²) in [6.07, 6.45) is 47.3. The van der Waals surface area contributed by atoms with Gasteiger partial charge in [0, 0.05) is 0 Å². The molecule has 210 valence electrons. The van der Waals surface area contributed by atoms with E-state index in [9.17, 15) is 0 Å². The summed E-state index contributed by atoms with van der Waals surface area (Å²) in [5.74, 6) is 2.77. The average Bonchev–Trinajstić information content (AvgIpc) is 3.34. The summed E-state index contributed by atoms with van der Waals surface area (Å²) in [7, 11) is -1.01. The fourth-order valence-corrected chi connectivity index (χ4v) is 10.9. The van der Waals surface area contributed by atoms with Gasteiger partial charge in [-0.2, -0.15) is 0 Å². The van der Waals surface area contributed by atoms with Crippen molar-refractivity contribution in [3.63, 3.8) is 0 Å². The first kappa shape index (κ1) is 33.2. The molecule has 0 amide bonds. The molecule has 0 fully saturated rings. The Morgan fingerprint density at radius 1 is 0.400 bits per heavy atom. The van der Waals surface area contributed by atoms with E-state index in [-0.39, 0.29) is 0 Å². The molecule has 0 aromatic carbocycles. The van der Waals surface area contributed by atoms with Crippen molar-refractivity contribution in [1.29, 1.82) is 0 Å². The van der Waals surface area contributed by atoms with Crippen LogP contribution in [0.1, 0.15) is 187 Å². The Kier molecular flexibility index (Phi) is 24.5. The number of rotatable bonds is 28.